The molecule has 1 unspecified atom stereocenters. The van der Waals surface area contributed by atoms with Crippen LogP contribution in [0.4, 0.5) is 17.1 Å². The lowest BCUT2D eigenvalue weighted by Crippen LogP contribution is -2.32. The summed E-state index contributed by atoms with van der Waals surface area (Å²) in [5.74, 6) is -0.989. The Balaban J connectivity index is 1.94. The third-order valence-corrected chi connectivity index (χ3v) is 7.12. The number of ketones is 1. The Morgan fingerprint density at radius 2 is 1.48 bits per heavy atom. The standard InChI is InChI=1S/C26H27ClN4O8S/c1-15(32)25(26(33)28-18-12-20(36-2)17(27)11-21(18)37-3)30-29-19-13-23(39-5)24(14-22(19)38-4)40(34,35)31-16-9-7-6-8-10-16/h6-14,25,31H,1-5H3,(H,28,33)/b30-29+. The highest BCUT2D eigenvalue weighted by molar-refractivity contribution is 7.92. The Kier molecular flexibility index (Phi) is 9.91. The summed E-state index contributed by atoms with van der Waals surface area (Å²) in [6.07, 6.45) is 0. The molecule has 3 rings (SSSR count). The van der Waals surface area contributed by atoms with Crippen LogP contribution in [0.15, 0.2) is 69.7 Å². The van der Waals surface area contributed by atoms with E-state index in [2.05, 4.69) is 20.3 Å². The van der Waals surface area contributed by atoms with E-state index in [4.69, 9.17) is 30.5 Å². The number of anilines is 2. The van der Waals surface area contributed by atoms with Crippen LogP contribution in [-0.4, -0.2) is 54.6 Å². The summed E-state index contributed by atoms with van der Waals surface area (Å²) in [7, 11) is 1.28. The topological polar surface area (TPSA) is 154 Å². The predicted octanol–water partition coefficient (Wildman–Crippen LogP) is 4.86. The molecule has 0 saturated heterocycles. The molecule has 12 nitrogen and oxygen atoms in total. The number of rotatable bonds is 12. The number of nitrogens with zero attached hydrogens (tertiary/aromatic N) is 2. The zero-order valence-electron chi connectivity index (χ0n) is 22.2. The van der Waals surface area contributed by atoms with Gasteiger partial charge in [-0.3, -0.25) is 14.3 Å². The first kappa shape index (κ1) is 30.2. The number of carbonyl (C=O) groups excluding carboxylic acids is 2. The molecule has 14 heteroatoms. The Morgan fingerprint density at radius 1 is 0.850 bits per heavy atom. The summed E-state index contributed by atoms with van der Waals surface area (Å²) in [6, 6.07) is 12.1. The Hall–Kier alpha value is -4.36. The number of ether oxygens (including phenoxy) is 4. The Morgan fingerprint density at radius 3 is 2.05 bits per heavy atom. The molecule has 0 fully saturated rings. The molecule has 0 saturated carbocycles. The average molecular weight is 591 g/mol. The molecule has 212 valence electrons. The van der Waals surface area contributed by atoms with Gasteiger partial charge in [0, 0.05) is 30.0 Å². The van der Waals surface area contributed by atoms with Crippen molar-refractivity contribution in [3.8, 4) is 23.0 Å². The third-order valence-electron chi connectivity index (χ3n) is 5.43. The van der Waals surface area contributed by atoms with Crippen LogP contribution in [0.1, 0.15) is 6.92 Å². The Bertz CT molecular complexity index is 1530. The lowest BCUT2D eigenvalue weighted by atomic mass is 10.2. The van der Waals surface area contributed by atoms with E-state index in [0.717, 1.165) is 0 Å². The maximum Gasteiger partial charge on any atom is 0.265 e. The number of azo groups is 1. The van der Waals surface area contributed by atoms with Crippen molar-refractivity contribution in [2.45, 2.75) is 17.9 Å². The largest absolute Gasteiger partial charge is 0.495 e. The van der Waals surface area contributed by atoms with Crippen LogP contribution in [0.25, 0.3) is 0 Å². The summed E-state index contributed by atoms with van der Waals surface area (Å²) < 4.78 is 49.6. The van der Waals surface area contributed by atoms with Gasteiger partial charge in [-0.25, -0.2) is 8.42 Å². The molecule has 3 aromatic carbocycles. The van der Waals surface area contributed by atoms with Gasteiger partial charge >= 0.3 is 0 Å². The maximum atomic E-state index is 13.1. The van der Waals surface area contributed by atoms with Gasteiger partial charge in [-0.1, -0.05) is 29.8 Å². The fraction of sp³-hybridized carbons (Fsp3) is 0.231. The number of halogens is 1. The van der Waals surface area contributed by atoms with E-state index in [-0.39, 0.29) is 44.3 Å². The first-order valence-electron chi connectivity index (χ1n) is 11.5. The third kappa shape index (κ3) is 6.98. The van der Waals surface area contributed by atoms with E-state index < -0.39 is 27.8 Å². The highest BCUT2D eigenvalue weighted by atomic mass is 35.5. The van der Waals surface area contributed by atoms with E-state index in [1.807, 2.05) is 0 Å². The zero-order chi connectivity index (χ0) is 29.4. The molecule has 40 heavy (non-hydrogen) atoms. The van der Waals surface area contributed by atoms with Crippen LogP contribution < -0.4 is 29.0 Å². The second-order valence-electron chi connectivity index (χ2n) is 8.05. The molecule has 2 N–H and O–H groups in total. The lowest BCUT2D eigenvalue weighted by molar-refractivity contribution is -0.126. The van der Waals surface area contributed by atoms with Gasteiger partial charge in [0.05, 0.1) is 39.1 Å². The molecule has 0 bridgehead atoms. The van der Waals surface area contributed by atoms with E-state index in [1.165, 1.54) is 59.6 Å². The fourth-order valence-corrected chi connectivity index (χ4v) is 4.91. The van der Waals surface area contributed by atoms with Gasteiger partial charge < -0.3 is 24.3 Å². The van der Waals surface area contributed by atoms with Crippen LogP contribution in [0.5, 0.6) is 23.0 Å². The highest BCUT2D eigenvalue weighted by Crippen LogP contribution is 2.39. The predicted molar refractivity (Wildman–Crippen MR) is 149 cm³/mol. The van der Waals surface area contributed by atoms with E-state index >= 15 is 0 Å². The normalized spacial score (nSPS) is 11.9. The molecule has 0 radical (unpaired) electrons. The summed E-state index contributed by atoms with van der Waals surface area (Å²) >= 11 is 6.11. The van der Waals surface area contributed by atoms with Crippen LogP contribution in [-0.2, 0) is 19.6 Å². The van der Waals surface area contributed by atoms with Crippen LogP contribution in [0, 0.1) is 0 Å². The van der Waals surface area contributed by atoms with Gasteiger partial charge in [0.1, 0.15) is 33.6 Å². The molecule has 0 aliphatic heterocycles. The molecule has 0 spiro atoms. The first-order valence-corrected chi connectivity index (χ1v) is 13.4. The van der Waals surface area contributed by atoms with Crippen molar-refractivity contribution < 1.29 is 37.0 Å². The number of methoxy groups -OCH3 is 4. The van der Waals surface area contributed by atoms with Gasteiger partial charge in [0.25, 0.3) is 15.9 Å². The Labute approximate surface area is 236 Å². The number of hydrogen-bond acceptors (Lipinski definition) is 10. The number of amides is 1. The average Bonchev–Trinajstić information content (AvgIpc) is 2.93. The number of hydrogen-bond donors (Lipinski definition) is 2. The number of carbonyl (C=O) groups is 2. The van der Waals surface area contributed by atoms with Gasteiger partial charge in [-0.15, -0.1) is 0 Å². The van der Waals surface area contributed by atoms with Crippen LogP contribution in [0.2, 0.25) is 5.02 Å². The number of benzene rings is 3. The second kappa shape index (κ2) is 13.1. The summed E-state index contributed by atoms with van der Waals surface area (Å²) in [5, 5.41) is 10.7. The number of para-hydroxylation sites is 1. The highest BCUT2D eigenvalue weighted by Gasteiger charge is 2.26. The van der Waals surface area contributed by atoms with Crippen molar-refractivity contribution in [2.24, 2.45) is 10.2 Å². The van der Waals surface area contributed by atoms with Gasteiger partial charge in [-0.2, -0.15) is 10.2 Å². The molecule has 0 aliphatic rings. The minimum absolute atomic E-state index is 0.00445. The molecule has 0 aliphatic carbocycles. The van der Waals surface area contributed by atoms with Gasteiger partial charge in [0.15, 0.2) is 5.78 Å². The quantitative estimate of drug-likeness (QED) is 0.224. The number of Topliss-reactive ketones (excluding diaryl/α,β-unsaturated/α-hetero) is 1. The smallest absolute Gasteiger partial charge is 0.265 e. The van der Waals surface area contributed by atoms with Crippen LogP contribution in [0.3, 0.4) is 0 Å². The summed E-state index contributed by atoms with van der Waals surface area (Å²) in [4.78, 5) is 25.1. The van der Waals surface area contributed by atoms with Gasteiger partial charge in [0.2, 0.25) is 6.04 Å². The molecule has 1 amide bonds. The van der Waals surface area contributed by atoms with Crippen molar-refractivity contribution in [1.82, 2.24) is 0 Å². The van der Waals surface area contributed by atoms with Crippen molar-refractivity contribution in [3.63, 3.8) is 0 Å². The summed E-state index contributed by atoms with van der Waals surface area (Å²) in [5.41, 5.74) is 0.551. The van der Waals surface area contributed by atoms with Crippen molar-refractivity contribution in [2.75, 3.05) is 38.5 Å². The monoisotopic (exact) mass is 590 g/mol. The molecular formula is C26H27ClN4O8S. The number of nitrogens with one attached hydrogen (secondary N) is 2. The molecule has 0 aromatic heterocycles. The molecule has 0 heterocycles. The maximum absolute atomic E-state index is 13.1. The number of sulfonamides is 1. The molecular weight excluding hydrogens is 564 g/mol. The second-order valence-corrected chi connectivity index (χ2v) is 10.1. The van der Waals surface area contributed by atoms with E-state index in [9.17, 15) is 18.0 Å². The van der Waals surface area contributed by atoms with Crippen molar-refractivity contribution in [1.29, 1.82) is 0 Å². The fourth-order valence-electron chi connectivity index (χ4n) is 3.46. The van der Waals surface area contributed by atoms with E-state index in [0.29, 0.717) is 5.69 Å². The zero-order valence-corrected chi connectivity index (χ0v) is 23.8. The minimum atomic E-state index is -4.09. The lowest BCUT2D eigenvalue weighted by Gasteiger charge is -2.15. The minimum Gasteiger partial charge on any atom is -0.495 e. The van der Waals surface area contributed by atoms with Crippen molar-refractivity contribution >= 4 is 50.4 Å². The van der Waals surface area contributed by atoms with Crippen LogP contribution >= 0.6 is 11.6 Å². The summed E-state index contributed by atoms with van der Waals surface area (Å²) in [6.45, 7) is 1.17. The SMILES string of the molecule is COc1cc(NC(=O)C(/N=N/c2cc(OC)c(S(=O)(=O)Nc3ccccc3)cc2OC)C(C)=O)c(OC)cc1Cl. The first-order chi connectivity index (χ1) is 19.0. The van der Waals surface area contributed by atoms with Crippen molar-refractivity contribution in [3.05, 3.63) is 59.6 Å². The molecule has 1 atom stereocenters. The van der Waals surface area contributed by atoms with E-state index in [1.54, 1.807) is 30.3 Å². The van der Waals surface area contributed by atoms with Gasteiger partial charge in [-0.05, 0) is 19.1 Å². The molecule has 3 aromatic rings.